The number of nitrogen functional groups attached to an aromatic ring is 1. The van der Waals surface area contributed by atoms with Crippen LogP contribution in [-0.2, 0) is 0 Å². The van der Waals surface area contributed by atoms with Gasteiger partial charge in [-0.3, -0.25) is 4.79 Å². The number of rotatable bonds is 6. The fraction of sp³-hybridized carbons (Fsp3) is 0.320. The Balaban J connectivity index is 1.55. The Hall–Kier alpha value is -2.95. The number of aliphatic hydroxyl groups excluding tert-OH is 1. The molecule has 0 unspecified atom stereocenters. The number of carbonyl (C=O) groups is 1. The van der Waals surface area contributed by atoms with E-state index in [-0.39, 0.29) is 29.9 Å². The number of carbonyl (C=O) groups excluding carboxylic acids is 1. The van der Waals surface area contributed by atoms with Crippen LogP contribution in [0, 0.1) is 11.6 Å². The van der Waals surface area contributed by atoms with Gasteiger partial charge in [0, 0.05) is 22.5 Å². The quantitative estimate of drug-likeness (QED) is 0.367. The van der Waals surface area contributed by atoms with Gasteiger partial charge in [0.15, 0.2) is 0 Å². The maximum atomic E-state index is 15.0. The number of hydrogen-bond acceptors (Lipinski definition) is 6. The van der Waals surface area contributed by atoms with Crippen LogP contribution in [0.25, 0.3) is 11.3 Å². The van der Waals surface area contributed by atoms with Crippen LogP contribution in [0.1, 0.15) is 59.3 Å². The summed E-state index contributed by atoms with van der Waals surface area (Å²) in [5, 5.41) is 12.4. The van der Waals surface area contributed by atoms with Crippen molar-refractivity contribution in [1.29, 1.82) is 0 Å². The first-order valence-corrected chi connectivity index (χ1v) is 12.1. The Bertz CT molecular complexity index is 1210. The van der Waals surface area contributed by atoms with Gasteiger partial charge in [0.25, 0.3) is 5.91 Å². The van der Waals surface area contributed by atoms with E-state index >= 15 is 4.39 Å². The Morgan fingerprint density at radius 1 is 1.17 bits per heavy atom. The van der Waals surface area contributed by atoms with E-state index < -0.39 is 23.6 Å². The van der Waals surface area contributed by atoms with Gasteiger partial charge in [-0.15, -0.1) is 0 Å². The van der Waals surface area contributed by atoms with Crippen molar-refractivity contribution >= 4 is 27.7 Å². The molecule has 1 aromatic heterocycles. The Labute approximate surface area is 210 Å². The molecule has 1 fully saturated rings. The lowest BCUT2D eigenvalue weighted by Gasteiger charge is -2.25. The van der Waals surface area contributed by atoms with Gasteiger partial charge in [-0.1, -0.05) is 22.0 Å². The molecule has 1 saturated carbocycles. The van der Waals surface area contributed by atoms with Crippen molar-refractivity contribution in [2.24, 2.45) is 5.73 Å². The second-order valence-electron chi connectivity index (χ2n) is 8.69. The van der Waals surface area contributed by atoms with Crippen molar-refractivity contribution in [2.75, 3.05) is 12.3 Å². The topological polar surface area (TPSA) is 127 Å². The maximum Gasteiger partial charge on any atom is 0.254 e. The number of nitrogens with one attached hydrogen (secondary N) is 1. The zero-order chi connectivity index (χ0) is 25.1. The zero-order valence-electron chi connectivity index (χ0n) is 18.8. The lowest BCUT2D eigenvalue weighted by molar-refractivity contribution is 0.0933. The fourth-order valence-electron chi connectivity index (χ4n) is 4.33. The molecule has 1 amide bonds. The molecular weight excluding hydrogens is 520 g/mol. The molecule has 0 radical (unpaired) electrons. The average Bonchev–Trinajstić information content (AvgIpc) is 2.82. The summed E-state index contributed by atoms with van der Waals surface area (Å²) >= 11 is 3.22. The molecular formula is C25H26BrF2N5O2. The van der Waals surface area contributed by atoms with Crippen LogP contribution in [0.4, 0.5) is 14.6 Å². The molecule has 2 aromatic carbocycles. The van der Waals surface area contributed by atoms with Crippen LogP contribution < -0.4 is 16.8 Å². The highest BCUT2D eigenvalue weighted by Crippen LogP contribution is 2.34. The molecule has 1 heterocycles. The Morgan fingerprint density at radius 2 is 1.91 bits per heavy atom. The Kier molecular flexibility index (Phi) is 7.73. The van der Waals surface area contributed by atoms with Crippen LogP contribution in [0.2, 0.25) is 0 Å². The van der Waals surface area contributed by atoms with Gasteiger partial charge < -0.3 is 21.9 Å². The molecule has 0 saturated heterocycles. The summed E-state index contributed by atoms with van der Waals surface area (Å²) < 4.78 is 29.3. The molecule has 6 N–H and O–H groups in total. The van der Waals surface area contributed by atoms with Crippen molar-refractivity contribution in [1.82, 2.24) is 15.3 Å². The summed E-state index contributed by atoms with van der Waals surface area (Å²) in [6.07, 6.45) is 4.30. The van der Waals surface area contributed by atoms with E-state index in [0.29, 0.717) is 34.1 Å². The fourth-order valence-corrected chi connectivity index (χ4v) is 4.81. The molecule has 1 atom stereocenters. The van der Waals surface area contributed by atoms with Gasteiger partial charge in [0.05, 0.1) is 29.6 Å². The molecule has 0 spiro atoms. The standard InChI is InChI=1S/C25H26BrF2N5O2/c26-16-7-15(8-17(27)10-16)21(11-29)33-25(35)19-6-3-14(9-20(19)28)23-24(30)31-12-22(32-23)13-1-4-18(34)5-2-13/h3,6-10,12-13,18,21,34H,1-2,4-5,11,29H2,(H2,30,31)(H,33,35)/t13?,18?,21-/m1/s1. The van der Waals surface area contributed by atoms with Gasteiger partial charge in [-0.25, -0.2) is 18.7 Å². The first kappa shape index (κ1) is 25.2. The maximum absolute atomic E-state index is 15.0. The Morgan fingerprint density at radius 3 is 2.57 bits per heavy atom. The van der Waals surface area contributed by atoms with E-state index in [1.54, 1.807) is 18.3 Å². The van der Waals surface area contributed by atoms with E-state index in [1.165, 1.54) is 24.3 Å². The van der Waals surface area contributed by atoms with Crippen molar-refractivity contribution in [3.63, 3.8) is 0 Å². The number of nitrogens with two attached hydrogens (primary N) is 2. The molecule has 10 heteroatoms. The highest BCUT2D eigenvalue weighted by molar-refractivity contribution is 9.10. The first-order chi connectivity index (χ1) is 16.7. The number of aliphatic hydroxyl groups is 1. The van der Waals surface area contributed by atoms with Crippen molar-refractivity contribution in [3.05, 3.63) is 75.5 Å². The SMILES string of the molecule is NC[C@@H](NC(=O)c1ccc(-c2nc(C3CCC(O)CC3)cnc2N)cc1F)c1cc(F)cc(Br)c1. The van der Waals surface area contributed by atoms with Gasteiger partial charge in [0.1, 0.15) is 23.1 Å². The van der Waals surface area contributed by atoms with Crippen LogP contribution >= 0.6 is 15.9 Å². The molecule has 1 aliphatic carbocycles. The van der Waals surface area contributed by atoms with Crippen LogP contribution in [0.5, 0.6) is 0 Å². The predicted molar refractivity (Wildman–Crippen MR) is 132 cm³/mol. The van der Waals surface area contributed by atoms with Crippen molar-refractivity contribution in [2.45, 2.75) is 43.7 Å². The molecule has 1 aliphatic rings. The summed E-state index contributed by atoms with van der Waals surface area (Å²) in [5.74, 6) is -1.62. The number of anilines is 1. The summed E-state index contributed by atoms with van der Waals surface area (Å²) in [5.41, 5.74) is 13.6. The summed E-state index contributed by atoms with van der Waals surface area (Å²) in [6.45, 7) is -0.00154. The van der Waals surface area contributed by atoms with Crippen molar-refractivity contribution < 1.29 is 18.7 Å². The minimum absolute atomic E-state index is 0.00154. The normalized spacial score (nSPS) is 18.8. The van der Waals surface area contributed by atoms with Gasteiger partial charge >= 0.3 is 0 Å². The highest BCUT2D eigenvalue weighted by atomic mass is 79.9. The van der Waals surface area contributed by atoms with E-state index in [2.05, 4.69) is 31.2 Å². The molecule has 7 nitrogen and oxygen atoms in total. The number of hydrogen-bond donors (Lipinski definition) is 4. The lowest BCUT2D eigenvalue weighted by Crippen LogP contribution is -2.34. The number of nitrogens with zero attached hydrogens (tertiary/aromatic N) is 2. The van der Waals surface area contributed by atoms with Crippen molar-refractivity contribution in [3.8, 4) is 11.3 Å². The monoisotopic (exact) mass is 545 g/mol. The third kappa shape index (κ3) is 5.83. The summed E-state index contributed by atoms with van der Waals surface area (Å²) in [6, 6.07) is 7.59. The lowest BCUT2D eigenvalue weighted by atomic mass is 9.85. The number of aromatic nitrogens is 2. The second kappa shape index (κ2) is 10.8. The van der Waals surface area contributed by atoms with Gasteiger partial charge in [-0.05, 0) is 61.6 Å². The van der Waals surface area contributed by atoms with Gasteiger partial charge in [-0.2, -0.15) is 0 Å². The zero-order valence-corrected chi connectivity index (χ0v) is 20.4. The average molecular weight is 546 g/mol. The van der Waals surface area contributed by atoms with Gasteiger partial charge in [0.2, 0.25) is 0 Å². The smallest absolute Gasteiger partial charge is 0.254 e. The highest BCUT2D eigenvalue weighted by Gasteiger charge is 2.24. The third-order valence-electron chi connectivity index (χ3n) is 6.25. The van der Waals surface area contributed by atoms with E-state index in [9.17, 15) is 14.3 Å². The molecule has 0 aliphatic heterocycles. The van der Waals surface area contributed by atoms with Crippen LogP contribution in [0.3, 0.4) is 0 Å². The van der Waals surface area contributed by atoms with E-state index in [0.717, 1.165) is 18.5 Å². The molecule has 184 valence electrons. The third-order valence-corrected chi connectivity index (χ3v) is 6.71. The second-order valence-corrected chi connectivity index (χ2v) is 9.61. The van der Waals surface area contributed by atoms with Crippen LogP contribution in [-0.4, -0.2) is 33.6 Å². The van der Waals surface area contributed by atoms with E-state index in [4.69, 9.17) is 11.5 Å². The molecule has 35 heavy (non-hydrogen) atoms. The minimum atomic E-state index is -0.761. The molecule has 3 aromatic rings. The number of benzene rings is 2. The number of halogens is 3. The summed E-state index contributed by atoms with van der Waals surface area (Å²) in [4.78, 5) is 21.7. The minimum Gasteiger partial charge on any atom is -0.393 e. The largest absolute Gasteiger partial charge is 0.393 e. The molecule has 4 rings (SSSR count). The molecule has 0 bridgehead atoms. The summed E-state index contributed by atoms with van der Waals surface area (Å²) in [7, 11) is 0. The number of amides is 1. The van der Waals surface area contributed by atoms with Crippen LogP contribution in [0.15, 0.2) is 47.1 Å². The van der Waals surface area contributed by atoms with E-state index in [1.807, 2.05) is 0 Å². The predicted octanol–water partition coefficient (Wildman–Crippen LogP) is 4.21. The first-order valence-electron chi connectivity index (χ1n) is 11.3.